The number of aromatic nitrogens is 1. The number of ether oxygens (including phenoxy) is 1. The third-order valence-corrected chi connectivity index (χ3v) is 6.77. The lowest BCUT2D eigenvalue weighted by Gasteiger charge is -2.27. The summed E-state index contributed by atoms with van der Waals surface area (Å²) in [4.78, 5) is 20.6. The van der Waals surface area contributed by atoms with Crippen molar-refractivity contribution < 1.29 is 9.53 Å². The van der Waals surface area contributed by atoms with Gasteiger partial charge in [0.25, 0.3) is 0 Å². The Morgan fingerprint density at radius 2 is 2.06 bits per heavy atom. The van der Waals surface area contributed by atoms with Crippen LogP contribution < -0.4 is 15.4 Å². The second-order valence-corrected chi connectivity index (χ2v) is 8.62. The molecule has 0 bridgehead atoms. The normalized spacial score (nSPS) is 18.0. The quantitative estimate of drug-likeness (QED) is 0.516. The SMILES string of the molecule is COc1ccccc1NC(=O)CCN1C(=S)N[C@@H](c2ccccn2)[C@@H]1c1sccc1C. The smallest absolute Gasteiger partial charge is 0.226 e. The number of benzene rings is 1. The van der Waals surface area contributed by atoms with Crippen molar-refractivity contribution in [1.29, 1.82) is 0 Å². The average Bonchev–Trinajstić information content (AvgIpc) is 3.35. The molecule has 1 fully saturated rings. The third kappa shape index (κ3) is 4.55. The van der Waals surface area contributed by atoms with E-state index < -0.39 is 0 Å². The number of nitrogens with one attached hydrogen (secondary N) is 2. The van der Waals surface area contributed by atoms with E-state index >= 15 is 0 Å². The minimum atomic E-state index is -0.0877. The van der Waals surface area contributed by atoms with Crippen molar-refractivity contribution in [3.05, 3.63) is 76.2 Å². The van der Waals surface area contributed by atoms with Crippen LogP contribution in [-0.4, -0.2) is 34.6 Å². The van der Waals surface area contributed by atoms with Gasteiger partial charge in [0.15, 0.2) is 5.11 Å². The van der Waals surface area contributed by atoms with Crippen LogP contribution in [-0.2, 0) is 4.79 Å². The van der Waals surface area contributed by atoms with Gasteiger partial charge in [-0.25, -0.2) is 0 Å². The molecule has 6 nitrogen and oxygen atoms in total. The third-order valence-electron chi connectivity index (χ3n) is 5.33. The van der Waals surface area contributed by atoms with Gasteiger partial charge in [-0.1, -0.05) is 18.2 Å². The number of hydrogen-bond donors (Lipinski definition) is 2. The average molecular weight is 453 g/mol. The number of hydrogen-bond acceptors (Lipinski definition) is 5. The van der Waals surface area contributed by atoms with Gasteiger partial charge < -0.3 is 20.3 Å². The van der Waals surface area contributed by atoms with Gasteiger partial charge in [0, 0.05) is 24.0 Å². The molecule has 2 atom stereocenters. The van der Waals surface area contributed by atoms with Crippen LogP contribution in [0.5, 0.6) is 5.75 Å². The lowest BCUT2D eigenvalue weighted by Crippen LogP contribution is -2.32. The number of carbonyl (C=O) groups is 1. The molecule has 0 spiro atoms. The van der Waals surface area contributed by atoms with E-state index in [4.69, 9.17) is 17.0 Å². The molecule has 4 rings (SSSR count). The summed E-state index contributed by atoms with van der Waals surface area (Å²) in [7, 11) is 1.59. The van der Waals surface area contributed by atoms with Crippen molar-refractivity contribution in [2.24, 2.45) is 0 Å². The van der Waals surface area contributed by atoms with E-state index in [1.165, 1.54) is 10.4 Å². The van der Waals surface area contributed by atoms with E-state index in [0.717, 1.165) is 5.69 Å². The molecule has 3 aromatic rings. The number of carbonyl (C=O) groups excluding carboxylic acids is 1. The molecule has 3 heterocycles. The fraction of sp³-hybridized carbons (Fsp3) is 0.261. The number of pyridine rings is 1. The Bertz CT molecular complexity index is 1070. The first-order valence-electron chi connectivity index (χ1n) is 10.0. The molecular weight excluding hydrogens is 428 g/mol. The van der Waals surface area contributed by atoms with Crippen LogP contribution in [0.15, 0.2) is 60.1 Å². The van der Waals surface area contributed by atoms with Crippen LogP contribution in [0.25, 0.3) is 0 Å². The molecule has 1 aliphatic rings. The fourth-order valence-electron chi connectivity index (χ4n) is 3.80. The minimum Gasteiger partial charge on any atom is -0.495 e. The zero-order valence-electron chi connectivity index (χ0n) is 17.4. The van der Waals surface area contributed by atoms with Crippen LogP contribution in [0.4, 0.5) is 5.69 Å². The van der Waals surface area contributed by atoms with Crippen molar-refractivity contribution in [1.82, 2.24) is 15.2 Å². The molecule has 1 aliphatic heterocycles. The Morgan fingerprint density at radius 1 is 1.26 bits per heavy atom. The van der Waals surface area contributed by atoms with Crippen molar-refractivity contribution in [2.45, 2.75) is 25.4 Å². The molecule has 1 amide bonds. The number of thiophene rings is 1. The van der Waals surface area contributed by atoms with E-state index in [1.807, 2.05) is 42.5 Å². The number of amides is 1. The topological polar surface area (TPSA) is 66.5 Å². The van der Waals surface area contributed by atoms with Crippen LogP contribution in [0.1, 0.15) is 34.6 Å². The van der Waals surface area contributed by atoms with Crippen LogP contribution in [0, 0.1) is 6.92 Å². The molecule has 0 radical (unpaired) electrons. The minimum absolute atomic E-state index is 0.0125. The maximum absolute atomic E-state index is 12.7. The maximum Gasteiger partial charge on any atom is 0.226 e. The summed E-state index contributed by atoms with van der Waals surface area (Å²) >= 11 is 7.38. The summed E-state index contributed by atoms with van der Waals surface area (Å²) in [6.45, 7) is 2.60. The standard InChI is InChI=1S/C23H24N4O2S2/c1-15-11-14-31-22(15)21-20(17-8-5-6-12-24-17)26-23(30)27(21)13-10-19(28)25-16-7-3-4-9-18(16)29-2/h3-9,11-12,14,20-21H,10,13H2,1-2H3,(H,25,28)(H,26,30)/t20-,21+/m0/s1. The van der Waals surface area contributed by atoms with Gasteiger partial charge in [-0.2, -0.15) is 0 Å². The molecule has 0 unspecified atom stereocenters. The van der Waals surface area contributed by atoms with Gasteiger partial charge in [0.05, 0.1) is 30.6 Å². The summed E-state index contributed by atoms with van der Waals surface area (Å²) in [6, 6.07) is 15.3. The molecule has 2 aromatic heterocycles. The van der Waals surface area contributed by atoms with E-state index in [1.54, 1.807) is 24.6 Å². The highest BCUT2D eigenvalue weighted by Crippen LogP contribution is 2.42. The number of anilines is 1. The largest absolute Gasteiger partial charge is 0.495 e. The Kier molecular flexibility index (Phi) is 6.48. The Morgan fingerprint density at radius 3 is 2.77 bits per heavy atom. The number of aryl methyl sites for hydroxylation is 1. The Hall–Kier alpha value is -2.97. The van der Waals surface area contributed by atoms with Gasteiger partial charge >= 0.3 is 0 Å². The second kappa shape index (κ2) is 9.45. The van der Waals surface area contributed by atoms with Crippen molar-refractivity contribution in [2.75, 3.05) is 19.0 Å². The van der Waals surface area contributed by atoms with Gasteiger partial charge in [0.2, 0.25) is 5.91 Å². The second-order valence-electron chi connectivity index (χ2n) is 7.29. The molecule has 2 N–H and O–H groups in total. The van der Waals surface area contributed by atoms with Crippen LogP contribution in [0.2, 0.25) is 0 Å². The summed E-state index contributed by atoms with van der Waals surface area (Å²) in [5.74, 6) is 0.548. The highest BCUT2D eigenvalue weighted by atomic mass is 32.1. The zero-order valence-corrected chi connectivity index (χ0v) is 19.0. The van der Waals surface area contributed by atoms with Gasteiger partial charge in [-0.3, -0.25) is 9.78 Å². The molecule has 0 saturated carbocycles. The number of rotatable bonds is 7. The number of nitrogens with zero attached hydrogens (tertiary/aromatic N) is 2. The molecule has 0 aliphatic carbocycles. The van der Waals surface area contributed by atoms with Crippen molar-refractivity contribution in [3.8, 4) is 5.75 Å². The van der Waals surface area contributed by atoms with Crippen molar-refractivity contribution in [3.63, 3.8) is 0 Å². The lowest BCUT2D eigenvalue weighted by molar-refractivity contribution is -0.116. The molecular formula is C23H24N4O2S2. The molecule has 8 heteroatoms. The Balaban J connectivity index is 1.53. The van der Waals surface area contributed by atoms with Gasteiger partial charge in [-0.05, 0) is 60.4 Å². The molecule has 1 aromatic carbocycles. The highest BCUT2D eigenvalue weighted by Gasteiger charge is 2.40. The van der Waals surface area contributed by atoms with Crippen molar-refractivity contribution >= 4 is 40.3 Å². The monoisotopic (exact) mass is 452 g/mol. The van der Waals surface area contributed by atoms with E-state index in [9.17, 15) is 4.79 Å². The highest BCUT2D eigenvalue weighted by molar-refractivity contribution is 7.80. The van der Waals surface area contributed by atoms with Crippen LogP contribution in [0.3, 0.4) is 0 Å². The first-order valence-corrected chi connectivity index (χ1v) is 11.3. The first kappa shape index (κ1) is 21.3. The van der Waals surface area contributed by atoms with E-state index in [0.29, 0.717) is 29.5 Å². The van der Waals surface area contributed by atoms with Gasteiger partial charge in [0.1, 0.15) is 5.75 Å². The predicted molar refractivity (Wildman–Crippen MR) is 127 cm³/mol. The van der Waals surface area contributed by atoms with Crippen LogP contribution >= 0.6 is 23.6 Å². The zero-order chi connectivity index (χ0) is 21.8. The van der Waals surface area contributed by atoms with E-state index in [-0.39, 0.29) is 18.0 Å². The number of para-hydroxylation sites is 2. The molecule has 31 heavy (non-hydrogen) atoms. The maximum atomic E-state index is 12.7. The molecule has 160 valence electrons. The number of methoxy groups -OCH3 is 1. The van der Waals surface area contributed by atoms with Gasteiger partial charge in [-0.15, -0.1) is 11.3 Å². The summed E-state index contributed by atoms with van der Waals surface area (Å²) in [5.41, 5.74) is 2.81. The Labute approximate surface area is 191 Å². The lowest BCUT2D eigenvalue weighted by atomic mass is 10.0. The summed E-state index contributed by atoms with van der Waals surface area (Å²) in [5, 5.41) is 9.10. The molecule has 1 saturated heterocycles. The van der Waals surface area contributed by atoms with E-state index in [2.05, 4.69) is 38.9 Å². The first-order chi connectivity index (χ1) is 15.1. The summed E-state index contributed by atoms with van der Waals surface area (Å²) in [6.07, 6.45) is 2.09. The number of thiocarbonyl (C=S) groups is 1. The predicted octanol–water partition coefficient (Wildman–Crippen LogP) is 4.46. The summed E-state index contributed by atoms with van der Waals surface area (Å²) < 4.78 is 5.32. The fourth-order valence-corrected chi connectivity index (χ4v) is 5.21.